The number of nitrogens with one attached hydrogen (secondary N) is 1. The van der Waals surface area contributed by atoms with Crippen molar-refractivity contribution in [3.8, 4) is 17.2 Å². The van der Waals surface area contributed by atoms with Crippen molar-refractivity contribution in [1.29, 1.82) is 0 Å². The number of carbonyl (C=O) groups excluding carboxylic acids is 2. The summed E-state index contributed by atoms with van der Waals surface area (Å²) in [5, 5.41) is 2.66. The van der Waals surface area contributed by atoms with Crippen molar-refractivity contribution in [2.45, 2.75) is 6.92 Å². The summed E-state index contributed by atoms with van der Waals surface area (Å²) in [7, 11) is 1.52. The Kier molecular flexibility index (Phi) is 5.61. The van der Waals surface area contributed by atoms with E-state index in [9.17, 15) is 9.59 Å². The summed E-state index contributed by atoms with van der Waals surface area (Å²) in [5.41, 5.74) is 2.24. The molecule has 140 valence electrons. The summed E-state index contributed by atoms with van der Waals surface area (Å²) >= 11 is 0. The number of rotatable bonds is 6. The van der Waals surface area contributed by atoms with E-state index in [0.717, 1.165) is 11.1 Å². The number of fused-ring (bicyclic) bond motifs is 1. The molecule has 0 atom stereocenters. The normalized spacial score (nSPS) is 12.1. The Balaban J connectivity index is 1.51. The highest BCUT2D eigenvalue weighted by Gasteiger charge is 2.13. The Labute approximate surface area is 156 Å². The summed E-state index contributed by atoms with van der Waals surface area (Å²) in [4.78, 5) is 23.8. The third-order valence-electron chi connectivity index (χ3n) is 3.78. The molecule has 0 bridgehead atoms. The van der Waals surface area contributed by atoms with Gasteiger partial charge in [0.05, 0.1) is 12.8 Å². The van der Waals surface area contributed by atoms with E-state index >= 15 is 0 Å². The van der Waals surface area contributed by atoms with Gasteiger partial charge >= 0.3 is 5.97 Å². The molecular formula is C20H19NO6. The number of ether oxygens (including phenoxy) is 4. The quantitative estimate of drug-likeness (QED) is 0.623. The molecule has 3 rings (SSSR count). The number of hydrogen-bond acceptors (Lipinski definition) is 6. The second kappa shape index (κ2) is 8.27. The molecule has 0 saturated carbocycles. The molecule has 1 heterocycles. The molecule has 0 spiro atoms. The first-order chi connectivity index (χ1) is 13.0. The number of benzene rings is 2. The summed E-state index contributed by atoms with van der Waals surface area (Å²) in [6, 6.07) is 10.7. The molecule has 0 aliphatic carbocycles. The van der Waals surface area contributed by atoms with Gasteiger partial charge in [0.1, 0.15) is 5.75 Å². The average molecular weight is 369 g/mol. The molecule has 0 unspecified atom stereocenters. The number of esters is 1. The van der Waals surface area contributed by atoms with E-state index in [4.69, 9.17) is 18.9 Å². The van der Waals surface area contributed by atoms with Gasteiger partial charge in [0, 0.05) is 6.08 Å². The van der Waals surface area contributed by atoms with Crippen LogP contribution < -0.4 is 19.5 Å². The monoisotopic (exact) mass is 369 g/mol. The fourth-order valence-corrected chi connectivity index (χ4v) is 2.47. The van der Waals surface area contributed by atoms with Crippen molar-refractivity contribution in [3.63, 3.8) is 0 Å². The van der Waals surface area contributed by atoms with Crippen LogP contribution in [0.1, 0.15) is 11.1 Å². The summed E-state index contributed by atoms with van der Waals surface area (Å²) in [6.07, 6.45) is 2.82. The van der Waals surface area contributed by atoms with Crippen molar-refractivity contribution in [3.05, 3.63) is 53.6 Å². The summed E-state index contributed by atoms with van der Waals surface area (Å²) in [6.45, 7) is 1.68. The molecule has 0 radical (unpaired) electrons. The van der Waals surface area contributed by atoms with Crippen LogP contribution >= 0.6 is 0 Å². The van der Waals surface area contributed by atoms with Crippen LogP contribution in [0.5, 0.6) is 17.2 Å². The Morgan fingerprint density at radius 3 is 2.78 bits per heavy atom. The highest BCUT2D eigenvalue weighted by molar-refractivity contribution is 5.95. The third kappa shape index (κ3) is 4.78. The van der Waals surface area contributed by atoms with E-state index in [2.05, 4.69) is 5.32 Å². The van der Waals surface area contributed by atoms with Gasteiger partial charge in [-0.05, 0) is 48.4 Å². The van der Waals surface area contributed by atoms with E-state index < -0.39 is 18.5 Å². The second-order valence-corrected chi connectivity index (χ2v) is 5.81. The van der Waals surface area contributed by atoms with Crippen molar-refractivity contribution in [2.24, 2.45) is 0 Å². The maximum Gasteiger partial charge on any atom is 0.331 e. The number of carbonyl (C=O) groups is 2. The van der Waals surface area contributed by atoms with Crippen LogP contribution in [-0.2, 0) is 14.3 Å². The van der Waals surface area contributed by atoms with Crippen LogP contribution in [-0.4, -0.2) is 32.4 Å². The van der Waals surface area contributed by atoms with E-state index in [0.29, 0.717) is 22.9 Å². The topological polar surface area (TPSA) is 83.1 Å². The van der Waals surface area contributed by atoms with Crippen LogP contribution in [0.3, 0.4) is 0 Å². The van der Waals surface area contributed by atoms with Gasteiger partial charge in [-0.1, -0.05) is 12.1 Å². The molecule has 27 heavy (non-hydrogen) atoms. The molecule has 0 aromatic heterocycles. The highest BCUT2D eigenvalue weighted by Crippen LogP contribution is 2.32. The molecule has 2 aromatic rings. The molecule has 1 aliphatic heterocycles. The van der Waals surface area contributed by atoms with Gasteiger partial charge < -0.3 is 24.3 Å². The maximum absolute atomic E-state index is 12.0. The molecular weight excluding hydrogens is 350 g/mol. The van der Waals surface area contributed by atoms with Crippen molar-refractivity contribution >= 4 is 23.6 Å². The van der Waals surface area contributed by atoms with Crippen LogP contribution in [0, 0.1) is 6.92 Å². The SMILES string of the molecule is COc1ccc(C)cc1NC(=O)COC(=O)/C=C/c1ccc2c(c1)OCO2. The average Bonchev–Trinajstić information content (AvgIpc) is 3.12. The fraction of sp³-hybridized carbons (Fsp3) is 0.200. The van der Waals surface area contributed by atoms with Crippen LogP contribution in [0.2, 0.25) is 0 Å². The van der Waals surface area contributed by atoms with Gasteiger partial charge in [-0.2, -0.15) is 0 Å². The Bertz CT molecular complexity index is 890. The van der Waals surface area contributed by atoms with E-state index in [1.807, 2.05) is 13.0 Å². The molecule has 7 heteroatoms. The number of hydrogen-bond donors (Lipinski definition) is 1. The van der Waals surface area contributed by atoms with Crippen LogP contribution in [0.15, 0.2) is 42.5 Å². The van der Waals surface area contributed by atoms with Crippen LogP contribution in [0.4, 0.5) is 5.69 Å². The molecule has 1 amide bonds. The first kappa shape index (κ1) is 18.3. The van der Waals surface area contributed by atoms with Crippen molar-refractivity contribution in [1.82, 2.24) is 0 Å². The number of aryl methyl sites for hydroxylation is 1. The molecule has 1 aliphatic rings. The van der Waals surface area contributed by atoms with Gasteiger partial charge in [-0.15, -0.1) is 0 Å². The molecule has 0 saturated heterocycles. The number of amides is 1. The predicted octanol–water partition coefficient (Wildman–Crippen LogP) is 2.93. The lowest BCUT2D eigenvalue weighted by molar-refractivity contribution is -0.142. The third-order valence-corrected chi connectivity index (χ3v) is 3.78. The van der Waals surface area contributed by atoms with E-state index in [1.165, 1.54) is 13.2 Å². The van der Waals surface area contributed by atoms with Gasteiger partial charge in [0.2, 0.25) is 6.79 Å². The fourth-order valence-electron chi connectivity index (χ4n) is 2.47. The zero-order valence-electron chi connectivity index (χ0n) is 15.0. The van der Waals surface area contributed by atoms with Crippen molar-refractivity contribution in [2.75, 3.05) is 25.8 Å². The van der Waals surface area contributed by atoms with Crippen molar-refractivity contribution < 1.29 is 28.5 Å². The van der Waals surface area contributed by atoms with E-state index in [1.54, 1.807) is 36.4 Å². The van der Waals surface area contributed by atoms with Crippen LogP contribution in [0.25, 0.3) is 6.08 Å². The lowest BCUT2D eigenvalue weighted by atomic mass is 10.2. The van der Waals surface area contributed by atoms with Gasteiger partial charge in [-0.25, -0.2) is 4.79 Å². The van der Waals surface area contributed by atoms with E-state index in [-0.39, 0.29) is 6.79 Å². The lowest BCUT2D eigenvalue weighted by Gasteiger charge is -2.10. The molecule has 0 fully saturated rings. The van der Waals surface area contributed by atoms with Gasteiger partial charge in [0.25, 0.3) is 5.91 Å². The Morgan fingerprint density at radius 1 is 1.15 bits per heavy atom. The Morgan fingerprint density at radius 2 is 1.96 bits per heavy atom. The Hall–Kier alpha value is -3.48. The molecule has 2 aromatic carbocycles. The maximum atomic E-state index is 12.0. The first-order valence-corrected chi connectivity index (χ1v) is 8.24. The molecule has 1 N–H and O–H groups in total. The summed E-state index contributed by atoms with van der Waals surface area (Å²) < 4.78 is 20.7. The zero-order chi connectivity index (χ0) is 19.2. The number of methoxy groups -OCH3 is 1. The minimum atomic E-state index is -0.626. The zero-order valence-corrected chi connectivity index (χ0v) is 15.0. The highest BCUT2D eigenvalue weighted by atomic mass is 16.7. The minimum Gasteiger partial charge on any atom is -0.495 e. The predicted molar refractivity (Wildman–Crippen MR) is 98.9 cm³/mol. The smallest absolute Gasteiger partial charge is 0.331 e. The van der Waals surface area contributed by atoms with Gasteiger partial charge in [0.15, 0.2) is 18.1 Å². The van der Waals surface area contributed by atoms with Gasteiger partial charge in [-0.3, -0.25) is 4.79 Å². The lowest BCUT2D eigenvalue weighted by Crippen LogP contribution is -2.20. The minimum absolute atomic E-state index is 0.186. The largest absolute Gasteiger partial charge is 0.495 e. The number of anilines is 1. The second-order valence-electron chi connectivity index (χ2n) is 5.81. The standard InChI is InChI=1S/C20H19NO6/c1-13-3-6-16(24-2)15(9-13)21-19(22)11-25-20(23)8-5-14-4-7-17-18(10-14)27-12-26-17/h3-10H,11-12H2,1-2H3,(H,21,22)/b8-5+. The summed E-state index contributed by atoms with van der Waals surface area (Å²) in [5.74, 6) is 0.737. The first-order valence-electron chi connectivity index (χ1n) is 8.24. The molecule has 7 nitrogen and oxygen atoms in total.